The van der Waals surface area contributed by atoms with Crippen LogP contribution >= 0.6 is 0 Å². The molecule has 0 saturated carbocycles. The number of non-ortho nitro benzene ring substituents is 1. The van der Waals surface area contributed by atoms with E-state index in [-0.39, 0.29) is 17.7 Å². The van der Waals surface area contributed by atoms with Gasteiger partial charge in [-0.05, 0) is 36.6 Å². The van der Waals surface area contributed by atoms with Crippen LogP contribution in [0.25, 0.3) is 0 Å². The second-order valence-electron chi connectivity index (χ2n) is 6.97. The molecule has 0 aliphatic carbocycles. The van der Waals surface area contributed by atoms with Crippen molar-refractivity contribution in [3.63, 3.8) is 0 Å². The van der Waals surface area contributed by atoms with E-state index in [1.807, 2.05) is 30.3 Å². The summed E-state index contributed by atoms with van der Waals surface area (Å²) in [6, 6.07) is 15.1. The highest BCUT2D eigenvalue weighted by Gasteiger charge is 2.27. The molecule has 0 fully saturated rings. The van der Waals surface area contributed by atoms with E-state index in [0.29, 0.717) is 13.0 Å². The van der Waals surface area contributed by atoms with Crippen LogP contribution in [0, 0.1) is 27.2 Å². The summed E-state index contributed by atoms with van der Waals surface area (Å²) in [5.74, 6) is -0.503. The molecule has 3 rings (SSSR count). The van der Waals surface area contributed by atoms with Crippen LogP contribution in [-0.4, -0.2) is 32.2 Å². The molecule has 0 aliphatic heterocycles. The van der Waals surface area contributed by atoms with E-state index in [1.54, 1.807) is 24.5 Å². The summed E-state index contributed by atoms with van der Waals surface area (Å²) >= 11 is 0. The topological polar surface area (TPSA) is 119 Å². The molecule has 2 aromatic carbocycles. The third kappa shape index (κ3) is 5.27. The SMILES string of the molecule is Cc1c(C(=O)N(CCc2ccccc2)Cc2ccncc2)cc([N+](=O)[O-])cc1[N+](=O)[O-]. The van der Waals surface area contributed by atoms with Gasteiger partial charge in [0.1, 0.15) is 0 Å². The molecule has 0 unspecified atom stereocenters. The number of nitrogens with zero attached hydrogens (tertiary/aromatic N) is 4. The number of rotatable bonds is 8. The Morgan fingerprint density at radius 2 is 1.65 bits per heavy atom. The van der Waals surface area contributed by atoms with Crippen molar-refractivity contribution in [3.8, 4) is 0 Å². The van der Waals surface area contributed by atoms with Gasteiger partial charge in [-0.15, -0.1) is 0 Å². The van der Waals surface area contributed by atoms with E-state index < -0.39 is 27.1 Å². The molecule has 0 N–H and O–H groups in total. The minimum absolute atomic E-state index is 0.0528. The Morgan fingerprint density at radius 3 is 2.26 bits per heavy atom. The van der Waals surface area contributed by atoms with Gasteiger partial charge in [0.25, 0.3) is 17.3 Å². The highest BCUT2D eigenvalue weighted by molar-refractivity contribution is 5.97. The highest BCUT2D eigenvalue weighted by Crippen LogP contribution is 2.29. The molecule has 9 heteroatoms. The zero-order chi connectivity index (χ0) is 22.4. The average molecular weight is 420 g/mol. The van der Waals surface area contributed by atoms with Crippen LogP contribution in [0.3, 0.4) is 0 Å². The first kappa shape index (κ1) is 21.6. The van der Waals surface area contributed by atoms with Gasteiger partial charge < -0.3 is 4.90 Å². The fourth-order valence-electron chi connectivity index (χ4n) is 3.24. The van der Waals surface area contributed by atoms with Gasteiger partial charge in [0.05, 0.1) is 21.5 Å². The fraction of sp³-hybridized carbons (Fsp3) is 0.182. The summed E-state index contributed by atoms with van der Waals surface area (Å²) in [5.41, 5.74) is 0.950. The summed E-state index contributed by atoms with van der Waals surface area (Å²) in [5, 5.41) is 22.7. The summed E-state index contributed by atoms with van der Waals surface area (Å²) in [6.07, 6.45) is 3.78. The van der Waals surface area contributed by atoms with E-state index in [1.165, 1.54) is 11.8 Å². The second kappa shape index (κ2) is 9.57. The number of nitro groups is 2. The molecule has 1 aromatic heterocycles. The van der Waals surface area contributed by atoms with Crippen molar-refractivity contribution in [1.29, 1.82) is 0 Å². The van der Waals surface area contributed by atoms with Gasteiger partial charge in [-0.3, -0.25) is 30.0 Å². The van der Waals surface area contributed by atoms with Crippen LogP contribution in [0.5, 0.6) is 0 Å². The van der Waals surface area contributed by atoms with E-state index in [2.05, 4.69) is 4.98 Å². The Balaban J connectivity index is 1.98. The second-order valence-corrected chi connectivity index (χ2v) is 6.97. The Bertz CT molecular complexity index is 1100. The van der Waals surface area contributed by atoms with Crippen LogP contribution in [0.1, 0.15) is 27.0 Å². The largest absolute Gasteiger partial charge is 0.334 e. The van der Waals surface area contributed by atoms with E-state index >= 15 is 0 Å². The summed E-state index contributed by atoms with van der Waals surface area (Å²) in [6.45, 7) is 2.00. The summed E-state index contributed by atoms with van der Waals surface area (Å²) < 4.78 is 0. The molecule has 3 aromatic rings. The van der Waals surface area contributed by atoms with Gasteiger partial charge in [-0.25, -0.2) is 0 Å². The van der Waals surface area contributed by atoms with Gasteiger partial charge in [-0.2, -0.15) is 0 Å². The fourth-order valence-corrected chi connectivity index (χ4v) is 3.24. The quantitative estimate of drug-likeness (QED) is 0.400. The molecule has 0 aliphatic rings. The highest BCUT2D eigenvalue weighted by atomic mass is 16.6. The Kier molecular flexibility index (Phi) is 6.66. The lowest BCUT2D eigenvalue weighted by atomic mass is 10.0. The summed E-state index contributed by atoms with van der Waals surface area (Å²) in [4.78, 5) is 40.1. The number of carbonyl (C=O) groups is 1. The first-order valence-corrected chi connectivity index (χ1v) is 9.52. The van der Waals surface area contributed by atoms with Gasteiger partial charge in [0, 0.05) is 37.1 Å². The van der Waals surface area contributed by atoms with Gasteiger partial charge >= 0.3 is 0 Å². The molecule has 0 atom stereocenters. The normalized spacial score (nSPS) is 10.5. The van der Waals surface area contributed by atoms with E-state index in [9.17, 15) is 25.0 Å². The molecule has 0 radical (unpaired) electrons. The van der Waals surface area contributed by atoms with E-state index in [0.717, 1.165) is 23.3 Å². The van der Waals surface area contributed by atoms with Crippen molar-refractivity contribution in [1.82, 2.24) is 9.88 Å². The molecule has 0 bridgehead atoms. The van der Waals surface area contributed by atoms with Gasteiger partial charge in [0.15, 0.2) is 0 Å². The first-order valence-electron chi connectivity index (χ1n) is 9.52. The summed E-state index contributed by atoms with van der Waals surface area (Å²) in [7, 11) is 0. The van der Waals surface area contributed by atoms with Crippen LogP contribution < -0.4 is 0 Å². The lowest BCUT2D eigenvalue weighted by Crippen LogP contribution is -2.33. The van der Waals surface area contributed by atoms with Crippen molar-refractivity contribution < 1.29 is 14.6 Å². The number of hydrogen-bond acceptors (Lipinski definition) is 6. The van der Waals surface area contributed by atoms with Crippen molar-refractivity contribution in [2.24, 2.45) is 0 Å². The first-order chi connectivity index (χ1) is 14.9. The minimum Gasteiger partial charge on any atom is -0.334 e. The van der Waals surface area contributed by atoms with E-state index in [4.69, 9.17) is 0 Å². The number of nitro benzene ring substituents is 2. The van der Waals surface area contributed by atoms with Crippen molar-refractivity contribution in [2.75, 3.05) is 6.54 Å². The number of aromatic nitrogens is 1. The molecule has 9 nitrogen and oxygen atoms in total. The molecular formula is C22H20N4O5. The smallest absolute Gasteiger partial charge is 0.279 e. The number of amides is 1. The average Bonchev–Trinajstić information content (AvgIpc) is 2.77. The number of benzene rings is 2. The molecule has 1 heterocycles. The zero-order valence-electron chi connectivity index (χ0n) is 16.8. The Hall–Kier alpha value is -4.14. The maximum Gasteiger partial charge on any atom is 0.279 e. The third-order valence-corrected chi connectivity index (χ3v) is 4.93. The van der Waals surface area contributed by atoms with Crippen molar-refractivity contribution in [2.45, 2.75) is 19.9 Å². The van der Waals surface area contributed by atoms with Crippen molar-refractivity contribution >= 4 is 17.3 Å². The third-order valence-electron chi connectivity index (χ3n) is 4.93. The number of hydrogen-bond donors (Lipinski definition) is 0. The minimum atomic E-state index is -0.736. The standard InChI is InChI=1S/C22H20N4O5/c1-16-20(13-19(25(28)29)14-21(16)26(30)31)22(27)24(15-18-7-10-23-11-8-18)12-9-17-5-3-2-4-6-17/h2-8,10-11,13-14H,9,12,15H2,1H3. The van der Waals surface area contributed by atoms with Crippen LogP contribution in [0.2, 0.25) is 0 Å². The zero-order valence-corrected chi connectivity index (χ0v) is 16.8. The molecular weight excluding hydrogens is 400 g/mol. The van der Waals surface area contributed by atoms with Crippen LogP contribution in [0.4, 0.5) is 11.4 Å². The lowest BCUT2D eigenvalue weighted by molar-refractivity contribution is -0.394. The maximum atomic E-state index is 13.4. The van der Waals surface area contributed by atoms with Gasteiger partial charge in [-0.1, -0.05) is 30.3 Å². The van der Waals surface area contributed by atoms with Crippen LogP contribution in [0.15, 0.2) is 67.0 Å². The molecule has 0 saturated heterocycles. The predicted molar refractivity (Wildman–Crippen MR) is 114 cm³/mol. The lowest BCUT2D eigenvalue weighted by Gasteiger charge is -2.24. The van der Waals surface area contributed by atoms with Gasteiger partial charge in [0.2, 0.25) is 0 Å². The Morgan fingerprint density at radius 1 is 0.968 bits per heavy atom. The molecule has 31 heavy (non-hydrogen) atoms. The predicted octanol–water partition coefficient (Wildman–Crippen LogP) is 4.09. The molecule has 158 valence electrons. The Labute approximate surface area is 178 Å². The maximum absolute atomic E-state index is 13.4. The number of carbonyl (C=O) groups excluding carboxylic acids is 1. The van der Waals surface area contributed by atoms with Crippen LogP contribution in [-0.2, 0) is 13.0 Å². The molecule has 0 spiro atoms. The monoisotopic (exact) mass is 420 g/mol. The molecule has 1 amide bonds. The van der Waals surface area contributed by atoms with Crippen molar-refractivity contribution in [3.05, 3.63) is 109 Å². The number of pyridine rings is 1.